The lowest BCUT2D eigenvalue weighted by atomic mass is 10.1. The molecule has 26 heavy (non-hydrogen) atoms. The molecule has 130 valence electrons. The molecule has 1 N–H and O–H groups in total. The molecule has 0 unspecified atom stereocenters. The van der Waals surface area contributed by atoms with E-state index in [1.54, 1.807) is 0 Å². The summed E-state index contributed by atoms with van der Waals surface area (Å²) in [7, 11) is 0. The molecule has 0 aliphatic rings. The van der Waals surface area contributed by atoms with E-state index in [4.69, 9.17) is 5.26 Å². The average molecular weight is 363 g/mol. The number of aromatic nitrogens is 1. The second kappa shape index (κ2) is 8.37. The fraction of sp³-hybridized carbons (Fsp3) is 0.200. The van der Waals surface area contributed by atoms with Gasteiger partial charge >= 0.3 is 0 Å². The highest BCUT2D eigenvalue weighted by atomic mass is 32.1. The lowest BCUT2D eigenvalue weighted by Crippen LogP contribution is -2.30. The van der Waals surface area contributed by atoms with Gasteiger partial charge in [-0.1, -0.05) is 36.4 Å². The number of thiazole rings is 1. The van der Waals surface area contributed by atoms with Crippen LogP contribution in [0.2, 0.25) is 0 Å². The summed E-state index contributed by atoms with van der Waals surface area (Å²) < 4.78 is 1.03. The topological polar surface area (TPSA) is 82.9 Å². The van der Waals surface area contributed by atoms with Gasteiger partial charge in [-0.05, 0) is 23.3 Å². The number of carbonyl (C=O) groups excluding carboxylic acids is 2. The SMILES string of the molecule is N#CCCC(=O)CNC(=O)Cc1nc2ccc(-c3ccccc3)cc2s1. The second-order valence-electron chi connectivity index (χ2n) is 5.81. The maximum Gasteiger partial charge on any atom is 0.227 e. The summed E-state index contributed by atoms with van der Waals surface area (Å²) >= 11 is 1.48. The molecular weight excluding hydrogens is 346 g/mol. The summed E-state index contributed by atoms with van der Waals surface area (Å²) in [6.45, 7) is -0.0381. The first kappa shape index (κ1) is 17.8. The Bertz CT molecular complexity index is 974. The van der Waals surface area contributed by atoms with Crippen molar-refractivity contribution in [3.8, 4) is 17.2 Å². The van der Waals surface area contributed by atoms with Crippen LogP contribution in [0.1, 0.15) is 17.8 Å². The zero-order chi connectivity index (χ0) is 18.4. The summed E-state index contributed by atoms with van der Waals surface area (Å²) in [6.07, 6.45) is 0.488. The van der Waals surface area contributed by atoms with Crippen LogP contribution in [0.15, 0.2) is 48.5 Å². The van der Waals surface area contributed by atoms with Crippen LogP contribution in [-0.4, -0.2) is 23.2 Å². The minimum Gasteiger partial charge on any atom is -0.349 e. The number of hydrogen-bond acceptors (Lipinski definition) is 5. The molecule has 3 aromatic rings. The van der Waals surface area contributed by atoms with Crippen LogP contribution in [0.5, 0.6) is 0 Å². The van der Waals surface area contributed by atoms with Gasteiger partial charge in [0.1, 0.15) is 5.01 Å². The molecule has 0 saturated heterocycles. The average Bonchev–Trinajstić information content (AvgIpc) is 3.06. The number of benzene rings is 2. The van der Waals surface area contributed by atoms with E-state index in [1.165, 1.54) is 11.3 Å². The summed E-state index contributed by atoms with van der Waals surface area (Å²) in [6, 6.07) is 18.1. The van der Waals surface area contributed by atoms with E-state index in [9.17, 15) is 9.59 Å². The third-order valence-electron chi connectivity index (χ3n) is 3.85. The van der Waals surface area contributed by atoms with Crippen LogP contribution < -0.4 is 5.32 Å². The van der Waals surface area contributed by atoms with E-state index in [1.807, 2.05) is 36.4 Å². The molecule has 0 saturated carbocycles. The Kier molecular flexibility index (Phi) is 5.72. The molecule has 0 fully saturated rings. The lowest BCUT2D eigenvalue weighted by molar-refractivity contribution is -0.124. The number of nitriles is 1. The Morgan fingerprint density at radius 2 is 1.92 bits per heavy atom. The largest absolute Gasteiger partial charge is 0.349 e. The molecule has 0 aliphatic heterocycles. The number of nitrogens with one attached hydrogen (secondary N) is 1. The maximum absolute atomic E-state index is 12.0. The fourth-order valence-corrected chi connectivity index (χ4v) is 3.54. The Morgan fingerprint density at radius 1 is 1.12 bits per heavy atom. The molecule has 1 heterocycles. The summed E-state index contributed by atoms with van der Waals surface area (Å²) in [5.41, 5.74) is 3.11. The van der Waals surface area contributed by atoms with Gasteiger partial charge in [-0.2, -0.15) is 5.26 Å². The van der Waals surface area contributed by atoms with E-state index in [0.717, 1.165) is 21.3 Å². The molecule has 0 aliphatic carbocycles. The van der Waals surface area contributed by atoms with Crippen LogP contribution >= 0.6 is 11.3 Å². The number of Topliss-reactive ketones (excluding diaryl/α,β-unsaturated/α-hetero) is 1. The third kappa shape index (κ3) is 4.52. The molecule has 0 bridgehead atoms. The minimum atomic E-state index is -0.238. The van der Waals surface area contributed by atoms with Crippen molar-refractivity contribution in [2.75, 3.05) is 6.54 Å². The van der Waals surface area contributed by atoms with Gasteiger partial charge in [0.2, 0.25) is 5.91 Å². The van der Waals surface area contributed by atoms with Gasteiger partial charge < -0.3 is 5.32 Å². The molecule has 0 atom stereocenters. The van der Waals surface area contributed by atoms with Crippen molar-refractivity contribution >= 4 is 33.2 Å². The van der Waals surface area contributed by atoms with Crippen molar-refractivity contribution in [3.05, 3.63) is 53.5 Å². The fourth-order valence-electron chi connectivity index (χ4n) is 2.54. The standard InChI is InChI=1S/C20H17N3O2S/c21-10-4-7-16(24)13-22-19(25)12-20-23-17-9-8-15(11-18(17)26-20)14-5-2-1-3-6-14/h1-3,5-6,8-9,11H,4,7,12-13H2,(H,22,25). The number of ketones is 1. The Hall–Kier alpha value is -3.04. The molecule has 6 heteroatoms. The zero-order valence-electron chi connectivity index (χ0n) is 14.1. The maximum atomic E-state index is 12.0. The van der Waals surface area contributed by atoms with Crippen LogP contribution in [-0.2, 0) is 16.0 Å². The molecule has 2 aromatic carbocycles. The molecule has 0 spiro atoms. The van der Waals surface area contributed by atoms with Gasteiger partial charge in [-0.25, -0.2) is 4.98 Å². The number of carbonyl (C=O) groups is 2. The summed E-state index contributed by atoms with van der Waals surface area (Å²) in [5, 5.41) is 11.8. The molecule has 5 nitrogen and oxygen atoms in total. The summed E-state index contributed by atoms with van der Waals surface area (Å²) in [4.78, 5) is 28.0. The highest BCUT2D eigenvalue weighted by Crippen LogP contribution is 2.28. The van der Waals surface area contributed by atoms with Crippen LogP contribution in [0.25, 0.3) is 21.3 Å². The number of amides is 1. The van der Waals surface area contributed by atoms with E-state index in [0.29, 0.717) is 5.01 Å². The van der Waals surface area contributed by atoms with E-state index in [-0.39, 0.29) is 37.5 Å². The zero-order valence-corrected chi connectivity index (χ0v) is 14.9. The molecule has 1 aromatic heterocycles. The van der Waals surface area contributed by atoms with Crippen molar-refractivity contribution in [1.29, 1.82) is 5.26 Å². The predicted octanol–water partition coefficient (Wildman–Crippen LogP) is 3.49. The van der Waals surface area contributed by atoms with Crippen LogP contribution in [0.3, 0.4) is 0 Å². The number of hydrogen-bond donors (Lipinski definition) is 1. The monoisotopic (exact) mass is 363 g/mol. The molecule has 1 amide bonds. The van der Waals surface area contributed by atoms with Crippen LogP contribution in [0.4, 0.5) is 0 Å². The Balaban J connectivity index is 1.65. The van der Waals surface area contributed by atoms with Gasteiger partial charge in [0, 0.05) is 12.8 Å². The van der Waals surface area contributed by atoms with E-state index in [2.05, 4.69) is 28.5 Å². The first-order chi connectivity index (χ1) is 12.7. The molecular formula is C20H17N3O2S. The van der Waals surface area contributed by atoms with Crippen molar-refractivity contribution in [3.63, 3.8) is 0 Å². The smallest absolute Gasteiger partial charge is 0.227 e. The van der Waals surface area contributed by atoms with Crippen molar-refractivity contribution in [2.24, 2.45) is 0 Å². The summed E-state index contributed by atoms with van der Waals surface area (Å²) in [5.74, 6) is -0.380. The van der Waals surface area contributed by atoms with Crippen molar-refractivity contribution < 1.29 is 9.59 Å². The first-order valence-corrected chi connectivity index (χ1v) is 9.07. The van der Waals surface area contributed by atoms with Crippen LogP contribution in [0, 0.1) is 11.3 Å². The lowest BCUT2D eigenvalue weighted by Gasteiger charge is -2.01. The van der Waals surface area contributed by atoms with Gasteiger partial charge in [0.15, 0.2) is 5.78 Å². The Morgan fingerprint density at radius 3 is 2.69 bits per heavy atom. The number of nitrogens with zero attached hydrogens (tertiary/aromatic N) is 2. The van der Waals surface area contributed by atoms with Gasteiger partial charge in [-0.3, -0.25) is 9.59 Å². The van der Waals surface area contributed by atoms with Crippen molar-refractivity contribution in [2.45, 2.75) is 19.3 Å². The van der Waals surface area contributed by atoms with Gasteiger partial charge in [-0.15, -0.1) is 11.3 Å². The molecule has 3 rings (SSSR count). The van der Waals surface area contributed by atoms with Crippen molar-refractivity contribution in [1.82, 2.24) is 10.3 Å². The first-order valence-electron chi connectivity index (χ1n) is 8.26. The van der Waals surface area contributed by atoms with Gasteiger partial charge in [0.05, 0.1) is 29.3 Å². The number of rotatable bonds is 7. The van der Waals surface area contributed by atoms with Gasteiger partial charge in [0.25, 0.3) is 0 Å². The molecule has 0 radical (unpaired) electrons. The Labute approximate surface area is 155 Å². The van der Waals surface area contributed by atoms with E-state index < -0.39 is 0 Å². The predicted molar refractivity (Wildman–Crippen MR) is 102 cm³/mol. The second-order valence-corrected chi connectivity index (χ2v) is 6.92. The third-order valence-corrected chi connectivity index (χ3v) is 4.87. The highest BCUT2D eigenvalue weighted by Gasteiger charge is 2.11. The highest BCUT2D eigenvalue weighted by molar-refractivity contribution is 7.18. The quantitative estimate of drug-likeness (QED) is 0.696. The normalized spacial score (nSPS) is 10.4. The number of fused-ring (bicyclic) bond motifs is 1. The van der Waals surface area contributed by atoms with E-state index >= 15 is 0 Å². The minimum absolute atomic E-state index is 0.0381.